The van der Waals surface area contributed by atoms with E-state index in [1.807, 2.05) is 0 Å². The molecule has 1 heterocycles. The van der Waals surface area contributed by atoms with Crippen LogP contribution in [0.3, 0.4) is 0 Å². The molecule has 1 aromatic rings. The van der Waals surface area contributed by atoms with Crippen LogP contribution < -0.4 is 5.32 Å². The molecule has 0 aromatic heterocycles. The van der Waals surface area contributed by atoms with E-state index in [0.29, 0.717) is 6.61 Å². The van der Waals surface area contributed by atoms with Crippen LogP contribution in [0.2, 0.25) is 0 Å². The van der Waals surface area contributed by atoms with Gasteiger partial charge < -0.3 is 15.2 Å². The topological polar surface area (TPSA) is 119 Å². The number of carbonyl (C=O) groups excluding carboxylic acids is 1. The SMILES string of the molecule is O=C(CC1CCCO1)Nc1ccc([N+](=O)[O-])cc1C(=O)O. The molecule has 1 atom stereocenters. The quantitative estimate of drug-likeness (QED) is 0.631. The zero-order valence-electron chi connectivity index (χ0n) is 11.1. The second-order valence-electron chi connectivity index (χ2n) is 4.68. The molecule has 0 radical (unpaired) electrons. The van der Waals surface area contributed by atoms with E-state index in [2.05, 4.69) is 5.32 Å². The summed E-state index contributed by atoms with van der Waals surface area (Å²) in [4.78, 5) is 32.9. The number of non-ortho nitro benzene ring substituents is 1. The van der Waals surface area contributed by atoms with Crippen LogP contribution in [-0.2, 0) is 9.53 Å². The van der Waals surface area contributed by atoms with Gasteiger partial charge in [-0.3, -0.25) is 14.9 Å². The highest BCUT2D eigenvalue weighted by atomic mass is 16.6. The van der Waals surface area contributed by atoms with Gasteiger partial charge in [-0.05, 0) is 18.9 Å². The Morgan fingerprint density at radius 1 is 1.48 bits per heavy atom. The number of nitrogens with one attached hydrogen (secondary N) is 1. The third kappa shape index (κ3) is 3.76. The Morgan fingerprint density at radius 3 is 2.81 bits per heavy atom. The lowest BCUT2D eigenvalue weighted by Crippen LogP contribution is -2.20. The van der Waals surface area contributed by atoms with Gasteiger partial charge >= 0.3 is 5.97 Å². The first-order chi connectivity index (χ1) is 9.97. The molecular formula is C13H14N2O6. The van der Waals surface area contributed by atoms with Crippen molar-refractivity contribution in [2.75, 3.05) is 11.9 Å². The second-order valence-corrected chi connectivity index (χ2v) is 4.68. The Labute approximate surface area is 119 Å². The number of anilines is 1. The lowest BCUT2D eigenvalue weighted by atomic mass is 10.1. The number of ether oxygens (including phenoxy) is 1. The van der Waals surface area contributed by atoms with Gasteiger partial charge in [0.05, 0.1) is 28.7 Å². The third-order valence-corrected chi connectivity index (χ3v) is 3.16. The number of carbonyl (C=O) groups is 2. The largest absolute Gasteiger partial charge is 0.478 e. The molecule has 8 heteroatoms. The Morgan fingerprint density at radius 2 is 2.24 bits per heavy atom. The number of hydrogen-bond acceptors (Lipinski definition) is 5. The molecular weight excluding hydrogens is 280 g/mol. The van der Waals surface area contributed by atoms with Crippen LogP contribution in [0.25, 0.3) is 0 Å². The van der Waals surface area contributed by atoms with Gasteiger partial charge in [0.1, 0.15) is 0 Å². The van der Waals surface area contributed by atoms with Gasteiger partial charge in [-0.25, -0.2) is 4.79 Å². The zero-order chi connectivity index (χ0) is 15.4. The van der Waals surface area contributed by atoms with Crippen LogP contribution in [0.4, 0.5) is 11.4 Å². The molecule has 1 aliphatic rings. The predicted octanol–water partition coefficient (Wildman–Crippen LogP) is 1.80. The fraction of sp³-hybridized carbons (Fsp3) is 0.385. The molecule has 0 saturated carbocycles. The Hall–Kier alpha value is -2.48. The van der Waals surface area contributed by atoms with Crippen molar-refractivity contribution in [1.29, 1.82) is 0 Å². The van der Waals surface area contributed by atoms with Gasteiger partial charge in [-0.1, -0.05) is 0 Å². The van der Waals surface area contributed by atoms with Crippen molar-refractivity contribution in [3.63, 3.8) is 0 Å². The molecule has 2 N–H and O–H groups in total. The normalized spacial score (nSPS) is 17.4. The van der Waals surface area contributed by atoms with Crippen molar-refractivity contribution in [3.05, 3.63) is 33.9 Å². The molecule has 0 spiro atoms. The fourth-order valence-electron chi connectivity index (χ4n) is 2.15. The molecule has 1 fully saturated rings. The average molecular weight is 294 g/mol. The molecule has 1 aliphatic heterocycles. The minimum atomic E-state index is -1.34. The standard InChI is InChI=1S/C13H14N2O6/c16-12(7-9-2-1-5-21-9)14-11-4-3-8(15(19)20)6-10(11)13(17)18/h3-4,6,9H,1-2,5,7H2,(H,14,16)(H,17,18). The van der Waals surface area contributed by atoms with Crippen molar-refractivity contribution >= 4 is 23.3 Å². The summed E-state index contributed by atoms with van der Waals surface area (Å²) in [6.07, 6.45) is 1.67. The smallest absolute Gasteiger partial charge is 0.338 e. The van der Waals surface area contributed by atoms with E-state index in [4.69, 9.17) is 9.84 Å². The van der Waals surface area contributed by atoms with Crippen LogP contribution in [0.5, 0.6) is 0 Å². The summed E-state index contributed by atoms with van der Waals surface area (Å²) in [5.74, 6) is -1.72. The van der Waals surface area contributed by atoms with Crippen molar-refractivity contribution in [3.8, 4) is 0 Å². The van der Waals surface area contributed by atoms with Crippen molar-refractivity contribution in [2.24, 2.45) is 0 Å². The molecule has 1 aromatic carbocycles. The molecule has 1 saturated heterocycles. The highest BCUT2D eigenvalue weighted by molar-refractivity contribution is 6.01. The van der Waals surface area contributed by atoms with Crippen molar-refractivity contribution < 1.29 is 24.4 Å². The summed E-state index contributed by atoms with van der Waals surface area (Å²) >= 11 is 0. The summed E-state index contributed by atoms with van der Waals surface area (Å²) in [6.45, 7) is 0.621. The van der Waals surface area contributed by atoms with Gasteiger partial charge in [0.15, 0.2) is 0 Å². The number of hydrogen-bond donors (Lipinski definition) is 2. The summed E-state index contributed by atoms with van der Waals surface area (Å²) in [5, 5.41) is 22.2. The molecule has 1 unspecified atom stereocenters. The molecule has 0 aliphatic carbocycles. The van der Waals surface area contributed by atoms with E-state index in [0.717, 1.165) is 25.0 Å². The van der Waals surface area contributed by atoms with Crippen molar-refractivity contribution in [1.82, 2.24) is 0 Å². The van der Waals surface area contributed by atoms with Crippen LogP contribution in [0, 0.1) is 10.1 Å². The number of aromatic carboxylic acids is 1. The minimum Gasteiger partial charge on any atom is -0.478 e. The molecule has 2 rings (SSSR count). The van der Waals surface area contributed by atoms with Gasteiger partial charge in [-0.15, -0.1) is 0 Å². The highest BCUT2D eigenvalue weighted by Crippen LogP contribution is 2.23. The van der Waals surface area contributed by atoms with E-state index >= 15 is 0 Å². The molecule has 1 amide bonds. The predicted molar refractivity (Wildman–Crippen MR) is 72.3 cm³/mol. The number of carboxylic acids is 1. The van der Waals surface area contributed by atoms with E-state index in [1.165, 1.54) is 6.07 Å². The first-order valence-corrected chi connectivity index (χ1v) is 6.40. The molecule has 8 nitrogen and oxygen atoms in total. The summed E-state index contributed by atoms with van der Waals surface area (Å²) in [6, 6.07) is 3.28. The maximum atomic E-state index is 11.8. The second kappa shape index (κ2) is 6.31. The summed E-state index contributed by atoms with van der Waals surface area (Å²) in [5.41, 5.74) is -0.620. The molecule has 112 valence electrons. The van der Waals surface area contributed by atoms with Crippen molar-refractivity contribution in [2.45, 2.75) is 25.4 Å². The Kier molecular flexibility index (Phi) is 4.49. The van der Waals surface area contributed by atoms with E-state index < -0.39 is 10.9 Å². The van der Waals surface area contributed by atoms with Gasteiger partial charge in [0.25, 0.3) is 5.69 Å². The van der Waals surface area contributed by atoms with E-state index in [1.54, 1.807) is 0 Å². The number of nitro benzene ring substituents is 1. The zero-order valence-corrected chi connectivity index (χ0v) is 11.1. The number of benzene rings is 1. The number of rotatable bonds is 5. The summed E-state index contributed by atoms with van der Waals surface area (Å²) < 4.78 is 5.32. The van der Waals surface area contributed by atoms with E-state index in [9.17, 15) is 19.7 Å². The third-order valence-electron chi connectivity index (χ3n) is 3.16. The highest BCUT2D eigenvalue weighted by Gasteiger charge is 2.21. The number of nitrogens with zero attached hydrogens (tertiary/aromatic N) is 1. The van der Waals surface area contributed by atoms with Gasteiger partial charge in [0.2, 0.25) is 5.91 Å². The summed E-state index contributed by atoms with van der Waals surface area (Å²) in [7, 11) is 0. The Balaban J connectivity index is 2.12. The number of amides is 1. The monoisotopic (exact) mass is 294 g/mol. The van der Waals surface area contributed by atoms with Crippen LogP contribution in [-0.4, -0.2) is 34.6 Å². The van der Waals surface area contributed by atoms with E-state index in [-0.39, 0.29) is 35.4 Å². The fourth-order valence-corrected chi connectivity index (χ4v) is 2.15. The van der Waals surface area contributed by atoms with Crippen LogP contribution >= 0.6 is 0 Å². The first kappa shape index (κ1) is 14.9. The minimum absolute atomic E-state index is 0.0381. The average Bonchev–Trinajstić information content (AvgIpc) is 2.91. The first-order valence-electron chi connectivity index (χ1n) is 6.40. The lowest BCUT2D eigenvalue weighted by Gasteiger charge is -2.11. The van der Waals surface area contributed by atoms with Gasteiger partial charge in [-0.2, -0.15) is 0 Å². The van der Waals surface area contributed by atoms with Crippen LogP contribution in [0.1, 0.15) is 29.6 Å². The number of nitro groups is 1. The Bertz CT molecular complexity index is 580. The maximum absolute atomic E-state index is 11.8. The van der Waals surface area contributed by atoms with Gasteiger partial charge in [0, 0.05) is 18.7 Å². The number of carboxylic acid groups (broad SMARTS) is 1. The lowest BCUT2D eigenvalue weighted by molar-refractivity contribution is -0.384. The van der Waals surface area contributed by atoms with Crippen LogP contribution in [0.15, 0.2) is 18.2 Å². The molecule has 21 heavy (non-hydrogen) atoms. The molecule has 0 bridgehead atoms. The maximum Gasteiger partial charge on any atom is 0.338 e.